The number of ether oxygens (including phenoxy) is 1. The van der Waals surface area contributed by atoms with E-state index in [0.29, 0.717) is 11.5 Å². The predicted octanol–water partition coefficient (Wildman–Crippen LogP) is -0.0272. The Bertz CT molecular complexity index is 595. The van der Waals surface area contributed by atoms with Crippen LogP contribution in [0.4, 0.5) is 5.82 Å². The number of nitrogens with zero attached hydrogens (tertiary/aromatic N) is 5. The second kappa shape index (κ2) is 6.29. The zero-order chi connectivity index (χ0) is 14.5. The number of nitrogens with one attached hydrogen (secondary N) is 1. The number of rotatable bonds is 6. The molecule has 0 amide bonds. The van der Waals surface area contributed by atoms with E-state index in [2.05, 4.69) is 30.0 Å². The molecule has 1 N–H and O–H groups in total. The molecule has 0 unspecified atom stereocenters. The lowest BCUT2D eigenvalue weighted by molar-refractivity contribution is -0.141. The molecule has 0 fully saturated rings. The van der Waals surface area contributed by atoms with E-state index >= 15 is 0 Å². The number of methoxy groups -OCH3 is 1. The third kappa shape index (κ3) is 3.21. The summed E-state index contributed by atoms with van der Waals surface area (Å²) in [6.45, 7) is 1.69. The van der Waals surface area contributed by atoms with Gasteiger partial charge in [-0.25, -0.2) is 14.6 Å². The number of carbonyl (C=O) groups excluding carboxylic acids is 1. The van der Waals surface area contributed by atoms with Gasteiger partial charge in [-0.3, -0.25) is 4.79 Å². The monoisotopic (exact) mass is 278 g/mol. The molecule has 2 rings (SSSR count). The first-order valence-electron chi connectivity index (χ1n) is 6.23. The molecule has 0 aliphatic rings. The van der Waals surface area contributed by atoms with E-state index in [9.17, 15) is 4.79 Å². The molecule has 20 heavy (non-hydrogen) atoms. The minimum Gasteiger partial charge on any atom is -0.468 e. The molecule has 0 saturated carbocycles. The van der Waals surface area contributed by atoms with Crippen molar-refractivity contribution in [1.29, 1.82) is 0 Å². The molecule has 0 spiro atoms. The van der Waals surface area contributed by atoms with Gasteiger partial charge in [0.05, 0.1) is 18.7 Å². The zero-order valence-electron chi connectivity index (χ0n) is 11.8. The normalized spacial score (nSPS) is 11.0. The van der Waals surface area contributed by atoms with Gasteiger partial charge in [-0.15, -0.1) is 0 Å². The van der Waals surface area contributed by atoms with E-state index in [-0.39, 0.29) is 12.5 Å². The molecule has 0 atom stereocenters. The van der Waals surface area contributed by atoms with Crippen LogP contribution in [0.15, 0.2) is 12.5 Å². The van der Waals surface area contributed by atoms with E-state index in [1.807, 2.05) is 14.1 Å². The Kier molecular flexibility index (Phi) is 4.46. The van der Waals surface area contributed by atoms with Gasteiger partial charge >= 0.3 is 5.97 Å². The predicted molar refractivity (Wildman–Crippen MR) is 74.4 cm³/mol. The first kappa shape index (κ1) is 14.2. The van der Waals surface area contributed by atoms with Crippen LogP contribution in [0.2, 0.25) is 0 Å². The highest BCUT2D eigenvalue weighted by molar-refractivity contribution is 5.86. The largest absolute Gasteiger partial charge is 0.468 e. The Morgan fingerprint density at radius 1 is 1.45 bits per heavy atom. The van der Waals surface area contributed by atoms with E-state index in [4.69, 9.17) is 0 Å². The fourth-order valence-corrected chi connectivity index (χ4v) is 1.73. The van der Waals surface area contributed by atoms with Crippen molar-refractivity contribution in [1.82, 2.24) is 24.6 Å². The molecular weight excluding hydrogens is 260 g/mol. The summed E-state index contributed by atoms with van der Waals surface area (Å²) in [5, 5.41) is 8.17. The number of esters is 1. The van der Waals surface area contributed by atoms with Crippen molar-refractivity contribution < 1.29 is 9.53 Å². The van der Waals surface area contributed by atoms with Crippen LogP contribution in [-0.4, -0.2) is 64.9 Å². The van der Waals surface area contributed by atoms with Gasteiger partial charge < -0.3 is 15.0 Å². The van der Waals surface area contributed by atoms with Crippen molar-refractivity contribution in [3.8, 4) is 0 Å². The smallest absolute Gasteiger partial charge is 0.327 e. The van der Waals surface area contributed by atoms with Crippen LogP contribution < -0.4 is 5.32 Å². The average molecular weight is 278 g/mol. The van der Waals surface area contributed by atoms with Crippen LogP contribution in [0.3, 0.4) is 0 Å². The highest BCUT2D eigenvalue weighted by atomic mass is 16.5. The summed E-state index contributed by atoms with van der Waals surface area (Å²) in [4.78, 5) is 21.8. The van der Waals surface area contributed by atoms with Gasteiger partial charge in [0.2, 0.25) is 0 Å². The quantitative estimate of drug-likeness (QED) is 0.743. The lowest BCUT2D eigenvalue weighted by atomic mass is 10.4. The number of anilines is 1. The first-order chi connectivity index (χ1) is 9.61. The summed E-state index contributed by atoms with van der Waals surface area (Å²) < 4.78 is 6.13. The molecule has 0 radical (unpaired) electrons. The SMILES string of the molecule is COC(=O)Cn1ncc2c(NCCN(C)C)ncnc21. The number of aromatic nitrogens is 4. The summed E-state index contributed by atoms with van der Waals surface area (Å²) in [7, 11) is 5.36. The minimum absolute atomic E-state index is 0.0359. The van der Waals surface area contributed by atoms with Crippen molar-refractivity contribution >= 4 is 22.8 Å². The van der Waals surface area contributed by atoms with Crippen LogP contribution in [0.25, 0.3) is 11.0 Å². The molecule has 0 aromatic carbocycles. The molecule has 2 heterocycles. The molecule has 0 bridgehead atoms. The van der Waals surface area contributed by atoms with Gasteiger partial charge in [0.15, 0.2) is 5.65 Å². The number of likely N-dealkylation sites (N-methyl/N-ethyl adjacent to an activating group) is 1. The van der Waals surface area contributed by atoms with Crippen molar-refractivity contribution in [2.24, 2.45) is 0 Å². The third-order valence-corrected chi connectivity index (χ3v) is 2.79. The van der Waals surface area contributed by atoms with E-state index in [0.717, 1.165) is 18.5 Å². The fraction of sp³-hybridized carbons (Fsp3) is 0.500. The number of carbonyl (C=O) groups is 1. The van der Waals surface area contributed by atoms with Crippen LogP contribution in [0.1, 0.15) is 0 Å². The number of hydrogen-bond donors (Lipinski definition) is 1. The molecule has 8 nitrogen and oxygen atoms in total. The highest BCUT2D eigenvalue weighted by Crippen LogP contribution is 2.18. The lowest BCUT2D eigenvalue weighted by Crippen LogP contribution is -2.21. The Labute approximate surface area is 116 Å². The van der Waals surface area contributed by atoms with Crippen LogP contribution in [0, 0.1) is 0 Å². The maximum absolute atomic E-state index is 11.3. The molecule has 0 saturated heterocycles. The maximum atomic E-state index is 11.3. The second-order valence-electron chi connectivity index (χ2n) is 4.57. The molecule has 108 valence electrons. The van der Waals surface area contributed by atoms with Gasteiger partial charge in [-0.05, 0) is 14.1 Å². The minimum atomic E-state index is -0.365. The molecule has 0 aliphatic carbocycles. The van der Waals surface area contributed by atoms with E-state index < -0.39 is 0 Å². The van der Waals surface area contributed by atoms with Gasteiger partial charge in [-0.2, -0.15) is 5.10 Å². The van der Waals surface area contributed by atoms with Crippen molar-refractivity contribution in [3.63, 3.8) is 0 Å². The Morgan fingerprint density at radius 2 is 2.25 bits per heavy atom. The fourth-order valence-electron chi connectivity index (χ4n) is 1.73. The van der Waals surface area contributed by atoms with Crippen molar-refractivity contribution in [3.05, 3.63) is 12.5 Å². The summed E-state index contributed by atoms with van der Waals surface area (Å²) in [6, 6.07) is 0. The van der Waals surface area contributed by atoms with E-state index in [1.54, 1.807) is 6.20 Å². The average Bonchev–Trinajstić information content (AvgIpc) is 2.82. The van der Waals surface area contributed by atoms with Gasteiger partial charge in [-0.1, -0.05) is 0 Å². The van der Waals surface area contributed by atoms with Crippen molar-refractivity contribution in [2.75, 3.05) is 39.6 Å². The van der Waals surface area contributed by atoms with Crippen molar-refractivity contribution in [2.45, 2.75) is 6.54 Å². The second-order valence-corrected chi connectivity index (χ2v) is 4.57. The number of hydrogen-bond acceptors (Lipinski definition) is 7. The van der Waals surface area contributed by atoms with Gasteiger partial charge in [0, 0.05) is 13.1 Å². The van der Waals surface area contributed by atoms with Crippen LogP contribution in [0.5, 0.6) is 0 Å². The van der Waals surface area contributed by atoms with Gasteiger partial charge in [0.1, 0.15) is 18.7 Å². The molecular formula is C12H18N6O2. The van der Waals surface area contributed by atoms with Crippen LogP contribution in [-0.2, 0) is 16.1 Å². The topological polar surface area (TPSA) is 85.2 Å². The summed E-state index contributed by atoms with van der Waals surface area (Å²) >= 11 is 0. The van der Waals surface area contributed by atoms with Crippen LogP contribution >= 0.6 is 0 Å². The molecule has 0 aliphatic heterocycles. The highest BCUT2D eigenvalue weighted by Gasteiger charge is 2.12. The Morgan fingerprint density at radius 3 is 2.95 bits per heavy atom. The third-order valence-electron chi connectivity index (χ3n) is 2.79. The number of fused-ring (bicyclic) bond motifs is 1. The maximum Gasteiger partial charge on any atom is 0.327 e. The Hall–Kier alpha value is -2.22. The molecule has 2 aromatic heterocycles. The summed E-state index contributed by atoms with van der Waals surface area (Å²) in [5.41, 5.74) is 0.609. The lowest BCUT2D eigenvalue weighted by Gasteiger charge is -2.11. The molecule has 2 aromatic rings. The van der Waals surface area contributed by atoms with E-state index in [1.165, 1.54) is 18.1 Å². The summed E-state index contributed by atoms with van der Waals surface area (Å²) in [5.74, 6) is 0.351. The summed E-state index contributed by atoms with van der Waals surface area (Å²) in [6.07, 6.45) is 3.10. The standard InChI is InChI=1S/C12H18N6O2/c1-17(2)5-4-13-11-9-6-16-18(7-10(19)20-3)12(9)15-8-14-11/h6,8H,4-5,7H2,1-3H3,(H,13,14,15). The first-order valence-corrected chi connectivity index (χ1v) is 6.23. The Balaban J connectivity index is 2.19. The zero-order valence-corrected chi connectivity index (χ0v) is 11.8. The molecule has 8 heteroatoms. The van der Waals surface area contributed by atoms with Gasteiger partial charge in [0.25, 0.3) is 0 Å².